The molecule has 2 amide bonds. The molecule has 0 N–H and O–H groups in total. The standard InChI is InChI=1S/C20H20N2O4/c1-21(2)19(25)17-8-7-13(9-16(17)12-24)14-5-6-15(11-23)18(10-14)20(26)22(3)4/h5-12H,1-4H3. The van der Waals surface area contributed by atoms with Gasteiger partial charge in [0.25, 0.3) is 11.8 Å². The van der Waals surface area contributed by atoms with E-state index in [0.29, 0.717) is 34.8 Å². The van der Waals surface area contributed by atoms with Crippen LogP contribution in [0.5, 0.6) is 0 Å². The second-order valence-corrected chi connectivity index (χ2v) is 6.24. The molecule has 0 spiro atoms. The lowest BCUT2D eigenvalue weighted by molar-refractivity contribution is 0.0818. The van der Waals surface area contributed by atoms with E-state index in [2.05, 4.69) is 0 Å². The van der Waals surface area contributed by atoms with Crippen molar-refractivity contribution in [2.45, 2.75) is 0 Å². The highest BCUT2D eigenvalue weighted by atomic mass is 16.2. The molecule has 2 rings (SSSR count). The number of hydrogen-bond acceptors (Lipinski definition) is 4. The Hall–Kier alpha value is -3.28. The molecule has 0 atom stereocenters. The Morgan fingerprint density at radius 2 is 1.19 bits per heavy atom. The summed E-state index contributed by atoms with van der Waals surface area (Å²) in [4.78, 5) is 49.9. The number of rotatable bonds is 5. The van der Waals surface area contributed by atoms with Crippen LogP contribution in [0, 0.1) is 0 Å². The van der Waals surface area contributed by atoms with E-state index in [1.54, 1.807) is 64.6 Å². The first-order valence-corrected chi connectivity index (χ1v) is 7.92. The maximum atomic E-state index is 12.3. The smallest absolute Gasteiger partial charge is 0.254 e. The van der Waals surface area contributed by atoms with Crippen molar-refractivity contribution >= 4 is 24.4 Å². The highest BCUT2D eigenvalue weighted by Gasteiger charge is 2.17. The molecule has 0 saturated heterocycles. The van der Waals surface area contributed by atoms with Gasteiger partial charge in [-0.2, -0.15) is 0 Å². The highest BCUT2D eigenvalue weighted by molar-refractivity contribution is 6.04. The fourth-order valence-electron chi connectivity index (χ4n) is 2.54. The van der Waals surface area contributed by atoms with Gasteiger partial charge in [-0.3, -0.25) is 19.2 Å². The van der Waals surface area contributed by atoms with Crippen LogP contribution in [0.4, 0.5) is 0 Å². The third kappa shape index (κ3) is 3.69. The van der Waals surface area contributed by atoms with Gasteiger partial charge >= 0.3 is 0 Å². The van der Waals surface area contributed by atoms with Crippen LogP contribution in [0.1, 0.15) is 41.4 Å². The van der Waals surface area contributed by atoms with Crippen LogP contribution in [0.15, 0.2) is 36.4 Å². The van der Waals surface area contributed by atoms with E-state index in [1.165, 1.54) is 9.80 Å². The third-order valence-corrected chi connectivity index (χ3v) is 3.97. The zero-order valence-electron chi connectivity index (χ0n) is 15.1. The summed E-state index contributed by atoms with van der Waals surface area (Å²) in [6.45, 7) is 0. The van der Waals surface area contributed by atoms with Gasteiger partial charge in [0.1, 0.15) is 0 Å². The maximum absolute atomic E-state index is 12.3. The molecule has 0 aliphatic heterocycles. The van der Waals surface area contributed by atoms with Crippen molar-refractivity contribution < 1.29 is 19.2 Å². The first kappa shape index (κ1) is 19.1. The molecular formula is C20H20N2O4. The van der Waals surface area contributed by atoms with Gasteiger partial charge in [0, 0.05) is 39.3 Å². The SMILES string of the molecule is CN(C)C(=O)c1ccc(-c2ccc(C=O)c(C(=O)N(C)C)c2)cc1C=O. The minimum Gasteiger partial charge on any atom is -0.345 e. The van der Waals surface area contributed by atoms with Crippen molar-refractivity contribution in [3.63, 3.8) is 0 Å². The normalized spacial score (nSPS) is 10.2. The Balaban J connectivity index is 2.57. The van der Waals surface area contributed by atoms with Crippen LogP contribution >= 0.6 is 0 Å². The van der Waals surface area contributed by atoms with Crippen LogP contribution in [0.25, 0.3) is 11.1 Å². The minimum absolute atomic E-state index is 0.265. The number of amides is 2. The summed E-state index contributed by atoms with van der Waals surface area (Å²) in [6, 6.07) is 9.78. The van der Waals surface area contributed by atoms with E-state index in [1.807, 2.05) is 0 Å². The van der Waals surface area contributed by atoms with Gasteiger partial charge in [0.15, 0.2) is 12.6 Å². The topological polar surface area (TPSA) is 74.8 Å². The van der Waals surface area contributed by atoms with E-state index in [9.17, 15) is 19.2 Å². The molecule has 6 nitrogen and oxygen atoms in total. The zero-order valence-corrected chi connectivity index (χ0v) is 15.1. The molecule has 6 heteroatoms. The second kappa shape index (κ2) is 7.74. The fraction of sp³-hybridized carbons (Fsp3) is 0.200. The van der Waals surface area contributed by atoms with Crippen LogP contribution in [0.2, 0.25) is 0 Å². The van der Waals surface area contributed by atoms with Gasteiger partial charge in [-0.15, -0.1) is 0 Å². The molecular weight excluding hydrogens is 332 g/mol. The van der Waals surface area contributed by atoms with E-state index in [0.717, 1.165) is 0 Å². The highest BCUT2D eigenvalue weighted by Crippen LogP contribution is 2.25. The van der Waals surface area contributed by atoms with Gasteiger partial charge in [0.2, 0.25) is 0 Å². The Morgan fingerprint density at radius 3 is 1.73 bits per heavy atom. The van der Waals surface area contributed by atoms with Crippen LogP contribution in [-0.4, -0.2) is 62.4 Å². The minimum atomic E-state index is -0.288. The summed E-state index contributed by atoms with van der Waals surface area (Å²) >= 11 is 0. The number of benzene rings is 2. The monoisotopic (exact) mass is 352 g/mol. The van der Waals surface area contributed by atoms with Gasteiger partial charge in [-0.25, -0.2) is 0 Å². The van der Waals surface area contributed by atoms with Gasteiger partial charge in [0.05, 0.1) is 11.1 Å². The Morgan fingerprint density at radius 1 is 0.692 bits per heavy atom. The van der Waals surface area contributed by atoms with E-state index in [-0.39, 0.29) is 22.9 Å². The largest absolute Gasteiger partial charge is 0.345 e. The molecule has 0 unspecified atom stereocenters. The van der Waals surface area contributed by atoms with E-state index >= 15 is 0 Å². The van der Waals surface area contributed by atoms with Crippen LogP contribution in [-0.2, 0) is 0 Å². The molecule has 0 bridgehead atoms. The molecule has 0 aliphatic rings. The lowest BCUT2D eigenvalue weighted by atomic mass is 9.95. The van der Waals surface area contributed by atoms with Gasteiger partial charge in [-0.05, 0) is 29.3 Å². The fourth-order valence-corrected chi connectivity index (χ4v) is 2.54. The Kier molecular flexibility index (Phi) is 5.67. The molecule has 0 fully saturated rings. The number of hydrogen-bond donors (Lipinski definition) is 0. The van der Waals surface area contributed by atoms with Crippen molar-refractivity contribution in [2.75, 3.05) is 28.2 Å². The molecule has 0 aromatic heterocycles. The Labute approximate surface area is 152 Å². The molecule has 0 aliphatic carbocycles. The lowest BCUT2D eigenvalue weighted by Crippen LogP contribution is -2.23. The average Bonchev–Trinajstić information content (AvgIpc) is 2.65. The molecule has 2 aromatic carbocycles. The summed E-state index contributed by atoms with van der Waals surface area (Å²) in [7, 11) is 6.44. The molecule has 0 heterocycles. The predicted octanol–water partition coefficient (Wildman–Crippen LogP) is 2.38. The summed E-state index contributed by atoms with van der Waals surface area (Å²) < 4.78 is 0. The number of aldehydes is 2. The first-order chi connectivity index (χ1) is 12.3. The zero-order chi connectivity index (χ0) is 19.4. The average molecular weight is 352 g/mol. The van der Waals surface area contributed by atoms with Gasteiger partial charge < -0.3 is 9.80 Å². The van der Waals surface area contributed by atoms with Crippen molar-refractivity contribution in [2.24, 2.45) is 0 Å². The number of carbonyl (C=O) groups excluding carboxylic acids is 4. The van der Waals surface area contributed by atoms with Crippen LogP contribution in [0.3, 0.4) is 0 Å². The molecule has 26 heavy (non-hydrogen) atoms. The van der Waals surface area contributed by atoms with Gasteiger partial charge in [-0.1, -0.05) is 18.2 Å². The predicted molar refractivity (Wildman–Crippen MR) is 98.7 cm³/mol. The lowest BCUT2D eigenvalue weighted by Gasteiger charge is -2.15. The quantitative estimate of drug-likeness (QED) is 0.775. The van der Waals surface area contributed by atoms with E-state index < -0.39 is 0 Å². The summed E-state index contributed by atoms with van der Waals surface area (Å²) in [5.74, 6) is -0.553. The summed E-state index contributed by atoms with van der Waals surface area (Å²) in [5.41, 5.74) is 2.50. The van der Waals surface area contributed by atoms with Crippen molar-refractivity contribution in [1.29, 1.82) is 0 Å². The van der Waals surface area contributed by atoms with Crippen LogP contribution < -0.4 is 0 Å². The van der Waals surface area contributed by atoms with Crippen molar-refractivity contribution in [3.05, 3.63) is 58.7 Å². The number of carbonyl (C=O) groups is 4. The molecule has 2 aromatic rings. The number of nitrogens with zero attached hydrogens (tertiary/aromatic N) is 2. The third-order valence-electron chi connectivity index (χ3n) is 3.97. The first-order valence-electron chi connectivity index (χ1n) is 7.92. The molecule has 0 saturated carbocycles. The molecule has 0 radical (unpaired) electrons. The van der Waals surface area contributed by atoms with Crippen molar-refractivity contribution in [3.8, 4) is 11.1 Å². The van der Waals surface area contributed by atoms with E-state index in [4.69, 9.17) is 0 Å². The maximum Gasteiger partial charge on any atom is 0.254 e. The molecule has 134 valence electrons. The summed E-state index contributed by atoms with van der Waals surface area (Å²) in [6.07, 6.45) is 1.27. The summed E-state index contributed by atoms with van der Waals surface area (Å²) in [5, 5.41) is 0. The van der Waals surface area contributed by atoms with Crippen molar-refractivity contribution in [1.82, 2.24) is 9.80 Å². The second-order valence-electron chi connectivity index (χ2n) is 6.24. The Bertz CT molecular complexity index is 885.